The molecule has 0 unspecified atom stereocenters. The fourth-order valence-electron chi connectivity index (χ4n) is 4.50. The van der Waals surface area contributed by atoms with Crippen molar-refractivity contribution in [1.82, 2.24) is 24.3 Å². The summed E-state index contributed by atoms with van der Waals surface area (Å²) in [4.78, 5) is 18.8. The van der Waals surface area contributed by atoms with Gasteiger partial charge in [-0.2, -0.15) is 0 Å². The second-order valence-corrected chi connectivity index (χ2v) is 8.30. The van der Waals surface area contributed by atoms with E-state index in [2.05, 4.69) is 32.6 Å². The van der Waals surface area contributed by atoms with E-state index in [0.717, 1.165) is 63.3 Å². The fraction of sp³-hybridized carbons (Fsp3) is 0.200. The van der Waals surface area contributed by atoms with Gasteiger partial charge >= 0.3 is 0 Å². The van der Waals surface area contributed by atoms with Crippen LogP contribution < -0.4 is 11.5 Å². The van der Waals surface area contributed by atoms with E-state index in [-0.39, 0.29) is 0 Å². The molecule has 0 aliphatic heterocycles. The Labute approximate surface area is 185 Å². The summed E-state index contributed by atoms with van der Waals surface area (Å²) >= 11 is 0. The van der Waals surface area contributed by atoms with E-state index in [1.54, 1.807) is 12.4 Å². The Morgan fingerprint density at radius 3 is 2.62 bits per heavy atom. The zero-order chi connectivity index (χ0) is 21.7. The van der Waals surface area contributed by atoms with Gasteiger partial charge in [0.25, 0.3) is 0 Å². The molecule has 4 heterocycles. The van der Waals surface area contributed by atoms with E-state index in [0.29, 0.717) is 18.3 Å². The highest BCUT2D eigenvalue weighted by Gasteiger charge is 2.27. The Balaban J connectivity index is 1.57. The topological polar surface area (TPSA) is 108 Å². The molecule has 4 N–H and O–H groups in total. The molecule has 0 bridgehead atoms. The van der Waals surface area contributed by atoms with Gasteiger partial charge in [0.1, 0.15) is 22.9 Å². The fourth-order valence-corrected chi connectivity index (χ4v) is 4.50. The number of rotatable bonds is 4. The molecular formula is C25H23N7. The molecule has 1 aromatic carbocycles. The van der Waals surface area contributed by atoms with Crippen molar-refractivity contribution >= 4 is 22.2 Å². The van der Waals surface area contributed by atoms with Crippen molar-refractivity contribution < 1.29 is 0 Å². The minimum absolute atomic E-state index is 0.425. The molecule has 158 valence electrons. The molecule has 1 aliphatic carbocycles. The predicted octanol–water partition coefficient (Wildman–Crippen LogP) is 4.31. The smallest absolute Gasteiger partial charge is 0.150 e. The summed E-state index contributed by atoms with van der Waals surface area (Å²) in [6, 6.07) is 14.0. The minimum atomic E-state index is 0.425. The first-order valence-corrected chi connectivity index (χ1v) is 10.9. The van der Waals surface area contributed by atoms with Gasteiger partial charge in [-0.05, 0) is 42.7 Å². The molecule has 6 rings (SSSR count). The third-order valence-corrected chi connectivity index (χ3v) is 6.40. The summed E-state index contributed by atoms with van der Waals surface area (Å²) in [5, 5.41) is 1.03. The molecule has 0 amide bonds. The van der Waals surface area contributed by atoms with E-state index >= 15 is 0 Å². The highest BCUT2D eigenvalue weighted by Crippen LogP contribution is 2.39. The summed E-state index contributed by atoms with van der Waals surface area (Å²) < 4.78 is 2.11. The van der Waals surface area contributed by atoms with Gasteiger partial charge < -0.3 is 11.5 Å². The number of imidazole rings is 1. The van der Waals surface area contributed by atoms with Crippen LogP contribution in [0.4, 0.5) is 5.82 Å². The maximum absolute atomic E-state index is 6.31. The number of benzene rings is 1. The maximum atomic E-state index is 6.31. The number of anilines is 1. The number of nitrogens with two attached hydrogens (primary N) is 2. The maximum Gasteiger partial charge on any atom is 0.150 e. The van der Waals surface area contributed by atoms with E-state index in [9.17, 15) is 0 Å². The van der Waals surface area contributed by atoms with Crippen molar-refractivity contribution in [2.24, 2.45) is 5.73 Å². The summed E-state index contributed by atoms with van der Waals surface area (Å²) in [6.07, 6.45) is 9.04. The molecule has 1 saturated carbocycles. The van der Waals surface area contributed by atoms with E-state index < -0.39 is 0 Å². The van der Waals surface area contributed by atoms with Crippen LogP contribution in [-0.2, 0) is 6.54 Å². The first-order chi connectivity index (χ1) is 15.7. The largest absolute Gasteiger partial charge is 0.382 e. The number of pyridine rings is 2. The zero-order valence-corrected chi connectivity index (χ0v) is 17.6. The summed E-state index contributed by atoms with van der Waals surface area (Å²) in [5.41, 5.74) is 18.6. The molecular weight excluding hydrogens is 398 g/mol. The molecule has 32 heavy (non-hydrogen) atoms. The molecule has 0 radical (unpaired) electrons. The van der Waals surface area contributed by atoms with Crippen LogP contribution in [0.1, 0.15) is 36.6 Å². The highest BCUT2D eigenvalue weighted by molar-refractivity contribution is 5.92. The lowest BCUT2D eigenvalue weighted by atomic mass is 9.85. The lowest BCUT2D eigenvalue weighted by molar-refractivity contribution is 0.400. The van der Waals surface area contributed by atoms with Crippen LogP contribution in [0.25, 0.3) is 39.1 Å². The summed E-state index contributed by atoms with van der Waals surface area (Å²) in [7, 11) is 0. The predicted molar refractivity (Wildman–Crippen MR) is 126 cm³/mol. The normalized spacial score (nSPS) is 14.2. The van der Waals surface area contributed by atoms with Crippen molar-refractivity contribution in [3.8, 4) is 22.6 Å². The lowest BCUT2D eigenvalue weighted by Gasteiger charge is -2.23. The SMILES string of the molecule is NCc1cc(-c2ccccn2)nc2cc(-c3nc(C4CCC4)n4ccnc(N)c34)ccc12. The van der Waals surface area contributed by atoms with E-state index in [1.165, 1.54) is 6.42 Å². The molecule has 7 nitrogen and oxygen atoms in total. The molecule has 7 heteroatoms. The number of hydrogen-bond donors (Lipinski definition) is 2. The molecule has 0 saturated heterocycles. The van der Waals surface area contributed by atoms with Gasteiger partial charge in [-0.3, -0.25) is 9.38 Å². The Morgan fingerprint density at radius 1 is 0.969 bits per heavy atom. The van der Waals surface area contributed by atoms with Gasteiger partial charge in [0.05, 0.1) is 16.9 Å². The van der Waals surface area contributed by atoms with Crippen molar-refractivity contribution in [1.29, 1.82) is 0 Å². The quantitative estimate of drug-likeness (QED) is 0.447. The summed E-state index contributed by atoms with van der Waals surface area (Å²) in [5.74, 6) is 2.02. The van der Waals surface area contributed by atoms with Crippen LogP contribution >= 0.6 is 0 Å². The van der Waals surface area contributed by atoms with E-state index in [4.69, 9.17) is 21.4 Å². The standard InChI is InChI=1S/C25H23N7/c26-14-17-13-21(19-6-1-2-9-28-19)30-20-12-16(7-8-18(17)20)22-23-24(27)29-10-11-32(23)25(31-22)15-4-3-5-15/h1-2,6-13,15H,3-5,14,26H2,(H2,27,29). The first-order valence-electron chi connectivity index (χ1n) is 10.9. The number of nitrogen functional groups attached to an aromatic ring is 1. The van der Waals surface area contributed by atoms with Gasteiger partial charge in [-0.25, -0.2) is 15.0 Å². The molecule has 5 aromatic rings. The number of fused-ring (bicyclic) bond motifs is 2. The molecule has 0 atom stereocenters. The average Bonchev–Trinajstić information content (AvgIpc) is 3.18. The molecule has 4 aromatic heterocycles. The number of nitrogens with zero attached hydrogens (tertiary/aromatic N) is 5. The Hall–Kier alpha value is -3.84. The van der Waals surface area contributed by atoms with Crippen molar-refractivity contribution in [3.05, 3.63) is 72.4 Å². The average molecular weight is 422 g/mol. The number of aromatic nitrogens is 5. The molecule has 1 fully saturated rings. The lowest BCUT2D eigenvalue weighted by Crippen LogP contribution is -2.12. The van der Waals surface area contributed by atoms with Crippen molar-refractivity contribution in [2.75, 3.05) is 5.73 Å². The van der Waals surface area contributed by atoms with Crippen LogP contribution in [0.2, 0.25) is 0 Å². The Kier molecular flexibility index (Phi) is 4.36. The van der Waals surface area contributed by atoms with Gasteiger partial charge in [-0.1, -0.05) is 24.6 Å². The first kappa shape index (κ1) is 18.9. The zero-order valence-electron chi connectivity index (χ0n) is 17.6. The Bertz CT molecular complexity index is 1450. The second kappa shape index (κ2) is 7.39. The summed E-state index contributed by atoms with van der Waals surface area (Å²) in [6.45, 7) is 0.425. The van der Waals surface area contributed by atoms with Crippen LogP contribution in [-0.4, -0.2) is 24.3 Å². The van der Waals surface area contributed by atoms with Gasteiger partial charge in [-0.15, -0.1) is 0 Å². The third-order valence-electron chi connectivity index (χ3n) is 6.40. The van der Waals surface area contributed by atoms with Crippen LogP contribution in [0, 0.1) is 0 Å². The third kappa shape index (κ3) is 2.93. The molecule has 0 spiro atoms. The molecule has 1 aliphatic rings. The van der Waals surface area contributed by atoms with Crippen molar-refractivity contribution in [2.45, 2.75) is 31.7 Å². The second-order valence-electron chi connectivity index (χ2n) is 8.30. The van der Waals surface area contributed by atoms with Gasteiger partial charge in [0.2, 0.25) is 0 Å². The van der Waals surface area contributed by atoms with E-state index in [1.807, 2.05) is 30.5 Å². The van der Waals surface area contributed by atoms with Gasteiger partial charge in [0, 0.05) is 42.0 Å². The number of hydrogen-bond acceptors (Lipinski definition) is 6. The minimum Gasteiger partial charge on any atom is -0.382 e. The van der Waals surface area contributed by atoms with Crippen molar-refractivity contribution in [3.63, 3.8) is 0 Å². The Morgan fingerprint density at radius 2 is 1.88 bits per heavy atom. The van der Waals surface area contributed by atoms with Crippen LogP contribution in [0.15, 0.2) is 61.1 Å². The monoisotopic (exact) mass is 421 g/mol. The highest BCUT2D eigenvalue weighted by atomic mass is 15.1. The van der Waals surface area contributed by atoms with Gasteiger partial charge in [0.15, 0.2) is 0 Å². The van der Waals surface area contributed by atoms with Crippen LogP contribution in [0.5, 0.6) is 0 Å². The van der Waals surface area contributed by atoms with Crippen LogP contribution in [0.3, 0.4) is 0 Å².